The molecule has 2 aromatic heterocycles. The molecule has 0 N–H and O–H groups in total. The third kappa shape index (κ3) is 6.27. The van der Waals surface area contributed by atoms with Gasteiger partial charge >= 0.3 is 0 Å². The smallest absolute Gasteiger partial charge is 0.243 e. The second-order valence-electron chi connectivity index (χ2n) is 9.93. The molecule has 1 amide bonds. The van der Waals surface area contributed by atoms with Crippen LogP contribution in [0.1, 0.15) is 41.5 Å². The van der Waals surface area contributed by atoms with Gasteiger partial charge in [-0.3, -0.25) is 14.4 Å². The molecule has 11 heteroatoms. The fourth-order valence-electron chi connectivity index (χ4n) is 5.10. The maximum Gasteiger partial charge on any atom is 0.243 e. The Kier molecular flexibility index (Phi) is 8.39. The summed E-state index contributed by atoms with van der Waals surface area (Å²) in [5.74, 6) is -0.586. The Morgan fingerprint density at radius 3 is 2.66 bits per heavy atom. The molecule has 2 aromatic carbocycles. The van der Waals surface area contributed by atoms with Crippen LogP contribution in [0.3, 0.4) is 0 Å². The van der Waals surface area contributed by atoms with Gasteiger partial charge in [-0.25, -0.2) is 18.7 Å². The first-order chi connectivity index (χ1) is 19.7. The second-order valence-corrected chi connectivity index (χ2v) is 10.3. The fraction of sp³-hybridized carbons (Fsp3) is 0.300. The van der Waals surface area contributed by atoms with Crippen molar-refractivity contribution in [3.8, 4) is 5.75 Å². The number of fused-ring (bicyclic) bond motifs is 1. The van der Waals surface area contributed by atoms with Gasteiger partial charge in [0.05, 0.1) is 17.6 Å². The molecule has 41 heavy (non-hydrogen) atoms. The van der Waals surface area contributed by atoms with Crippen LogP contribution in [-0.2, 0) is 29.2 Å². The Hall–Kier alpha value is -4.18. The van der Waals surface area contributed by atoms with Crippen LogP contribution in [0.15, 0.2) is 61.1 Å². The Balaban J connectivity index is 1.31. The van der Waals surface area contributed by atoms with E-state index in [1.165, 1.54) is 17.9 Å². The van der Waals surface area contributed by atoms with Crippen LogP contribution in [0.25, 0.3) is 10.9 Å². The van der Waals surface area contributed by atoms with Crippen molar-refractivity contribution >= 4 is 40.0 Å². The number of alkyl halides is 1. The molecule has 1 saturated heterocycles. The summed E-state index contributed by atoms with van der Waals surface area (Å²) in [4.78, 5) is 48.4. The Morgan fingerprint density at radius 1 is 1.12 bits per heavy atom. The van der Waals surface area contributed by atoms with Gasteiger partial charge in [-0.15, -0.1) is 0 Å². The van der Waals surface area contributed by atoms with Crippen LogP contribution in [0.5, 0.6) is 5.75 Å². The van der Waals surface area contributed by atoms with Gasteiger partial charge in [-0.1, -0.05) is 23.7 Å². The molecule has 0 unspecified atom stereocenters. The number of amides is 1. The predicted molar refractivity (Wildman–Crippen MR) is 148 cm³/mol. The summed E-state index contributed by atoms with van der Waals surface area (Å²) >= 11 is 5.83. The van der Waals surface area contributed by atoms with Gasteiger partial charge in [0.1, 0.15) is 30.9 Å². The summed E-state index contributed by atoms with van der Waals surface area (Å²) in [5.41, 5.74) is 1.30. The number of Topliss-reactive ketones (excluding diaryl/α,β-unsaturated/α-hetero) is 2. The number of carbonyl (C=O) groups is 3. The molecule has 0 bridgehead atoms. The van der Waals surface area contributed by atoms with E-state index >= 15 is 0 Å². The first kappa shape index (κ1) is 28.4. The number of halogens is 3. The molecule has 212 valence electrons. The van der Waals surface area contributed by atoms with E-state index in [0.717, 1.165) is 0 Å². The Labute approximate surface area is 239 Å². The van der Waals surface area contributed by atoms with E-state index in [9.17, 15) is 23.2 Å². The number of rotatable bonds is 10. The van der Waals surface area contributed by atoms with Crippen molar-refractivity contribution in [2.75, 3.05) is 6.54 Å². The number of carbonyl (C=O) groups excluding carboxylic acids is 3. The highest BCUT2D eigenvalue weighted by Crippen LogP contribution is 2.29. The number of ketones is 2. The van der Waals surface area contributed by atoms with Gasteiger partial charge in [0.2, 0.25) is 5.91 Å². The van der Waals surface area contributed by atoms with Crippen LogP contribution in [0, 0.1) is 5.82 Å². The Bertz CT molecular complexity index is 1610. The third-order valence-electron chi connectivity index (χ3n) is 7.14. The molecule has 4 aromatic rings. The predicted octanol–water partition coefficient (Wildman–Crippen LogP) is 5.15. The molecule has 1 aliphatic rings. The number of ether oxygens (including phenoxy) is 1. The SMILES string of the molecule is CC(=O)c1cn(CC(=O)N2C[C@H](F)C[C@H]2C(=O)CCc2cccc(Cl)c2F)c2ccc(OCc3ncccn3)cc12. The highest BCUT2D eigenvalue weighted by atomic mass is 35.5. The average molecular weight is 581 g/mol. The average Bonchev–Trinajstić information content (AvgIpc) is 3.53. The normalized spacial score (nSPS) is 16.7. The van der Waals surface area contributed by atoms with Gasteiger partial charge in [0, 0.05) is 47.9 Å². The number of likely N-dealkylation sites (tertiary alicyclic amines) is 1. The quantitative estimate of drug-likeness (QED) is 0.241. The van der Waals surface area contributed by atoms with Crippen molar-refractivity contribution in [3.05, 3.63) is 88.8 Å². The molecular weight excluding hydrogens is 554 g/mol. The molecule has 8 nitrogen and oxygen atoms in total. The number of aryl methyl sites for hydroxylation is 1. The molecule has 0 radical (unpaired) electrons. The van der Waals surface area contributed by atoms with Crippen LogP contribution < -0.4 is 4.74 Å². The topological polar surface area (TPSA) is 94.4 Å². The summed E-state index contributed by atoms with van der Waals surface area (Å²) in [5, 5.41) is 0.557. The lowest BCUT2D eigenvalue weighted by atomic mass is 10.0. The van der Waals surface area contributed by atoms with E-state index in [4.69, 9.17) is 16.3 Å². The first-order valence-corrected chi connectivity index (χ1v) is 13.5. The standard InChI is InChI=1S/C30H27ClF2N4O4/c1-18(38)23-15-36(25-8-7-21(13-22(23)25)41-17-28-34-10-3-11-35-28)16-29(40)37-14-20(32)12-26(37)27(39)9-6-19-4-2-5-24(31)30(19)33/h2-5,7-8,10-11,13,15,20,26H,6,9,12,14,16-17H2,1H3/t20-,26+/m1/s1. The van der Waals surface area contributed by atoms with Crippen molar-refractivity contribution in [2.45, 2.75) is 51.6 Å². The maximum absolute atomic E-state index is 14.5. The van der Waals surface area contributed by atoms with Crippen molar-refractivity contribution in [3.63, 3.8) is 0 Å². The zero-order valence-corrected chi connectivity index (χ0v) is 23.0. The lowest BCUT2D eigenvalue weighted by Crippen LogP contribution is -2.42. The van der Waals surface area contributed by atoms with Crippen LogP contribution in [0.4, 0.5) is 8.78 Å². The number of benzene rings is 2. The first-order valence-electron chi connectivity index (χ1n) is 13.1. The zero-order valence-electron chi connectivity index (χ0n) is 22.2. The van der Waals surface area contributed by atoms with Crippen LogP contribution in [-0.4, -0.2) is 55.7 Å². The molecule has 0 saturated carbocycles. The Morgan fingerprint density at radius 2 is 1.90 bits per heavy atom. The molecule has 0 aliphatic carbocycles. The number of aromatic nitrogens is 3. The van der Waals surface area contributed by atoms with Crippen molar-refractivity contribution in [1.82, 2.24) is 19.4 Å². The fourth-order valence-corrected chi connectivity index (χ4v) is 5.29. The largest absolute Gasteiger partial charge is 0.486 e. The lowest BCUT2D eigenvalue weighted by Gasteiger charge is -2.24. The summed E-state index contributed by atoms with van der Waals surface area (Å²) in [6.45, 7) is 1.16. The van der Waals surface area contributed by atoms with Gasteiger partial charge in [0.15, 0.2) is 17.4 Å². The van der Waals surface area contributed by atoms with Crippen molar-refractivity contribution in [2.24, 2.45) is 0 Å². The van der Waals surface area contributed by atoms with E-state index in [1.807, 2.05) is 0 Å². The second kappa shape index (κ2) is 12.1. The van der Waals surface area contributed by atoms with E-state index in [0.29, 0.717) is 28.0 Å². The highest BCUT2D eigenvalue weighted by Gasteiger charge is 2.39. The molecule has 1 aliphatic heterocycles. The summed E-state index contributed by atoms with van der Waals surface area (Å²) in [7, 11) is 0. The maximum atomic E-state index is 14.5. The van der Waals surface area contributed by atoms with Crippen LogP contribution >= 0.6 is 11.6 Å². The minimum absolute atomic E-state index is 0.0378. The third-order valence-corrected chi connectivity index (χ3v) is 7.43. The van der Waals surface area contributed by atoms with Gasteiger partial charge in [0.25, 0.3) is 0 Å². The molecule has 0 spiro atoms. The van der Waals surface area contributed by atoms with Gasteiger partial charge < -0.3 is 14.2 Å². The highest BCUT2D eigenvalue weighted by molar-refractivity contribution is 6.30. The van der Waals surface area contributed by atoms with Crippen LogP contribution in [0.2, 0.25) is 5.02 Å². The van der Waals surface area contributed by atoms with E-state index < -0.39 is 23.9 Å². The van der Waals surface area contributed by atoms with E-state index in [1.54, 1.807) is 59.6 Å². The molecule has 3 heterocycles. The number of hydrogen-bond donors (Lipinski definition) is 0. The van der Waals surface area contributed by atoms with E-state index in [2.05, 4.69) is 9.97 Å². The van der Waals surface area contributed by atoms with Gasteiger partial charge in [-0.2, -0.15) is 0 Å². The van der Waals surface area contributed by atoms with Crippen molar-refractivity contribution in [1.29, 1.82) is 0 Å². The van der Waals surface area contributed by atoms with Crippen molar-refractivity contribution < 1.29 is 27.9 Å². The molecule has 1 fully saturated rings. The minimum atomic E-state index is -1.35. The zero-order chi connectivity index (χ0) is 29.1. The molecule has 5 rings (SSSR count). The summed E-state index contributed by atoms with van der Waals surface area (Å²) in [6.07, 6.45) is 3.38. The monoisotopic (exact) mass is 580 g/mol. The summed E-state index contributed by atoms with van der Waals surface area (Å²) < 4.78 is 36.1. The molecular formula is C30H27ClF2N4O4. The summed E-state index contributed by atoms with van der Waals surface area (Å²) in [6, 6.07) is 10.5. The number of hydrogen-bond acceptors (Lipinski definition) is 6. The molecule has 2 atom stereocenters. The minimum Gasteiger partial charge on any atom is -0.486 e. The van der Waals surface area contributed by atoms with E-state index in [-0.39, 0.29) is 61.1 Å². The number of nitrogens with zero attached hydrogens (tertiary/aromatic N) is 4. The van der Waals surface area contributed by atoms with Gasteiger partial charge in [-0.05, 0) is 49.2 Å². The lowest BCUT2D eigenvalue weighted by molar-refractivity contribution is -0.138.